The maximum absolute atomic E-state index is 13.3. The zero-order valence-electron chi connectivity index (χ0n) is 10.0. The van der Waals surface area contributed by atoms with Gasteiger partial charge in [0.25, 0.3) is 5.56 Å². The first-order chi connectivity index (χ1) is 8.52. The largest absolute Gasteiger partial charge is 0.325 e. The van der Waals surface area contributed by atoms with Crippen molar-refractivity contribution in [1.29, 1.82) is 5.26 Å². The third-order valence-electron chi connectivity index (χ3n) is 2.77. The number of hydrogen-bond acceptors (Lipinski definition) is 2. The van der Waals surface area contributed by atoms with Crippen LogP contribution in [0.3, 0.4) is 0 Å². The Morgan fingerprint density at radius 1 is 1.22 bits per heavy atom. The Morgan fingerprint density at radius 3 is 2.61 bits per heavy atom. The van der Waals surface area contributed by atoms with Crippen molar-refractivity contribution in [2.45, 2.75) is 13.8 Å². The molecule has 0 aliphatic carbocycles. The summed E-state index contributed by atoms with van der Waals surface area (Å²) in [6.07, 6.45) is 0. The van der Waals surface area contributed by atoms with E-state index in [0.717, 1.165) is 5.56 Å². The van der Waals surface area contributed by atoms with Gasteiger partial charge in [-0.05, 0) is 43.2 Å². The molecule has 90 valence electrons. The fraction of sp³-hybridized carbons (Fsp3) is 0.143. The molecular weight excluding hydrogens is 231 g/mol. The average Bonchev–Trinajstić information content (AvgIpc) is 2.31. The molecular formula is C14H11FN2O. The Labute approximate surface area is 104 Å². The zero-order valence-corrected chi connectivity index (χ0v) is 10.0. The van der Waals surface area contributed by atoms with E-state index in [2.05, 4.69) is 4.98 Å². The van der Waals surface area contributed by atoms with Gasteiger partial charge in [0.1, 0.15) is 17.4 Å². The second kappa shape index (κ2) is 4.46. The molecule has 2 rings (SSSR count). The Morgan fingerprint density at radius 2 is 1.94 bits per heavy atom. The van der Waals surface area contributed by atoms with Crippen molar-refractivity contribution in [3.8, 4) is 17.2 Å². The van der Waals surface area contributed by atoms with Crippen molar-refractivity contribution in [2.24, 2.45) is 0 Å². The van der Waals surface area contributed by atoms with Crippen LogP contribution in [-0.2, 0) is 0 Å². The van der Waals surface area contributed by atoms with Gasteiger partial charge in [-0.3, -0.25) is 4.79 Å². The summed E-state index contributed by atoms with van der Waals surface area (Å²) in [6.45, 7) is 3.53. The number of aromatic nitrogens is 1. The molecule has 0 unspecified atom stereocenters. The SMILES string of the molecule is Cc1cc(-c2cc(F)ccc2C)c(C#N)c(=O)[nH]1. The summed E-state index contributed by atoms with van der Waals surface area (Å²) in [5, 5.41) is 9.05. The first-order valence-electron chi connectivity index (χ1n) is 5.43. The second-order valence-corrected chi connectivity index (χ2v) is 4.14. The zero-order chi connectivity index (χ0) is 13.3. The summed E-state index contributed by atoms with van der Waals surface area (Å²) in [5.41, 5.74) is 2.05. The third kappa shape index (κ3) is 2.03. The number of halogens is 1. The highest BCUT2D eigenvalue weighted by molar-refractivity contribution is 5.73. The van der Waals surface area contributed by atoms with Crippen LogP contribution in [0.4, 0.5) is 4.39 Å². The smallest absolute Gasteiger partial charge is 0.266 e. The van der Waals surface area contributed by atoms with Crippen LogP contribution in [-0.4, -0.2) is 4.98 Å². The molecule has 0 fully saturated rings. The molecule has 0 amide bonds. The van der Waals surface area contributed by atoms with E-state index in [4.69, 9.17) is 5.26 Å². The summed E-state index contributed by atoms with van der Waals surface area (Å²) < 4.78 is 13.3. The van der Waals surface area contributed by atoms with Gasteiger partial charge in [-0.25, -0.2) is 4.39 Å². The maximum atomic E-state index is 13.3. The first kappa shape index (κ1) is 12.1. The molecule has 2 aromatic rings. The van der Waals surface area contributed by atoms with Crippen LogP contribution in [0.15, 0.2) is 29.1 Å². The number of nitrogens with zero attached hydrogens (tertiary/aromatic N) is 1. The van der Waals surface area contributed by atoms with E-state index < -0.39 is 11.4 Å². The van der Waals surface area contributed by atoms with Gasteiger partial charge in [0.15, 0.2) is 0 Å². The predicted molar refractivity (Wildman–Crippen MR) is 66.6 cm³/mol. The monoisotopic (exact) mass is 242 g/mol. The minimum atomic E-state index is -0.448. The highest BCUT2D eigenvalue weighted by Gasteiger charge is 2.12. The molecule has 0 atom stereocenters. The van der Waals surface area contributed by atoms with E-state index in [9.17, 15) is 9.18 Å². The van der Waals surface area contributed by atoms with Crippen molar-refractivity contribution in [3.63, 3.8) is 0 Å². The van der Waals surface area contributed by atoms with Crippen molar-refractivity contribution < 1.29 is 4.39 Å². The van der Waals surface area contributed by atoms with Crippen LogP contribution in [0.2, 0.25) is 0 Å². The van der Waals surface area contributed by atoms with E-state index in [1.165, 1.54) is 12.1 Å². The lowest BCUT2D eigenvalue weighted by atomic mass is 9.97. The molecule has 0 aliphatic heterocycles. The molecule has 0 aliphatic rings. The molecule has 1 N–H and O–H groups in total. The molecule has 18 heavy (non-hydrogen) atoms. The highest BCUT2D eigenvalue weighted by Crippen LogP contribution is 2.26. The molecule has 1 heterocycles. The number of nitriles is 1. The van der Waals surface area contributed by atoms with Crippen molar-refractivity contribution >= 4 is 0 Å². The van der Waals surface area contributed by atoms with Crippen LogP contribution in [0.5, 0.6) is 0 Å². The Balaban J connectivity index is 2.83. The van der Waals surface area contributed by atoms with E-state index >= 15 is 0 Å². The summed E-state index contributed by atoms with van der Waals surface area (Å²) in [4.78, 5) is 14.3. The van der Waals surface area contributed by atoms with Gasteiger partial charge in [-0.2, -0.15) is 5.26 Å². The van der Waals surface area contributed by atoms with Gasteiger partial charge in [0.2, 0.25) is 0 Å². The average molecular weight is 242 g/mol. The number of hydrogen-bond donors (Lipinski definition) is 1. The topological polar surface area (TPSA) is 56.6 Å². The van der Waals surface area contributed by atoms with Crippen LogP contribution in [0.1, 0.15) is 16.8 Å². The number of nitrogens with one attached hydrogen (secondary N) is 1. The number of aromatic amines is 1. The highest BCUT2D eigenvalue weighted by atomic mass is 19.1. The number of aryl methyl sites for hydroxylation is 2. The van der Waals surface area contributed by atoms with E-state index in [1.54, 1.807) is 19.1 Å². The van der Waals surface area contributed by atoms with Gasteiger partial charge < -0.3 is 4.98 Å². The van der Waals surface area contributed by atoms with Gasteiger partial charge in [-0.1, -0.05) is 6.07 Å². The fourth-order valence-electron chi connectivity index (χ4n) is 1.90. The molecule has 0 saturated carbocycles. The lowest BCUT2D eigenvalue weighted by Gasteiger charge is -2.08. The lowest BCUT2D eigenvalue weighted by molar-refractivity contribution is 0.628. The number of rotatable bonds is 1. The minimum absolute atomic E-state index is 0.00861. The quantitative estimate of drug-likeness (QED) is 0.835. The molecule has 4 heteroatoms. The van der Waals surface area contributed by atoms with Gasteiger partial charge in [-0.15, -0.1) is 0 Å². The summed E-state index contributed by atoms with van der Waals surface area (Å²) in [6, 6.07) is 7.87. The Hall–Kier alpha value is -2.41. The maximum Gasteiger partial charge on any atom is 0.266 e. The van der Waals surface area contributed by atoms with Gasteiger partial charge in [0.05, 0.1) is 0 Å². The van der Waals surface area contributed by atoms with Crippen molar-refractivity contribution in [3.05, 3.63) is 57.3 Å². The molecule has 0 radical (unpaired) electrons. The van der Waals surface area contributed by atoms with Crippen LogP contribution >= 0.6 is 0 Å². The number of H-pyrrole nitrogens is 1. The summed E-state index contributed by atoms with van der Waals surface area (Å²) in [5.74, 6) is -0.391. The molecule has 1 aromatic heterocycles. The minimum Gasteiger partial charge on any atom is -0.325 e. The van der Waals surface area contributed by atoms with Crippen molar-refractivity contribution in [2.75, 3.05) is 0 Å². The Bertz CT molecular complexity index is 711. The van der Waals surface area contributed by atoms with E-state index in [-0.39, 0.29) is 5.56 Å². The second-order valence-electron chi connectivity index (χ2n) is 4.14. The van der Waals surface area contributed by atoms with Crippen LogP contribution in [0.25, 0.3) is 11.1 Å². The van der Waals surface area contributed by atoms with E-state index in [1.807, 2.05) is 13.0 Å². The number of benzene rings is 1. The molecule has 0 bridgehead atoms. The predicted octanol–water partition coefficient (Wildman–Crippen LogP) is 2.67. The van der Waals surface area contributed by atoms with Gasteiger partial charge in [0, 0.05) is 11.3 Å². The van der Waals surface area contributed by atoms with E-state index in [0.29, 0.717) is 16.8 Å². The standard InChI is InChI=1S/C14H11FN2O/c1-8-3-4-10(15)6-11(8)12-5-9(2)17-14(18)13(12)7-16/h3-6H,1-2H3,(H,17,18). The van der Waals surface area contributed by atoms with Crippen LogP contribution in [0, 0.1) is 31.0 Å². The molecule has 0 saturated heterocycles. The Kier molecular flexibility index (Phi) is 2.99. The third-order valence-corrected chi connectivity index (χ3v) is 2.77. The van der Waals surface area contributed by atoms with Crippen molar-refractivity contribution in [1.82, 2.24) is 4.98 Å². The molecule has 1 aromatic carbocycles. The van der Waals surface area contributed by atoms with Crippen LogP contribution < -0.4 is 5.56 Å². The lowest BCUT2D eigenvalue weighted by Crippen LogP contribution is -2.13. The molecule has 3 nitrogen and oxygen atoms in total. The first-order valence-corrected chi connectivity index (χ1v) is 5.43. The normalized spacial score (nSPS) is 10.1. The fourth-order valence-corrected chi connectivity index (χ4v) is 1.90. The summed E-state index contributed by atoms with van der Waals surface area (Å²) in [7, 11) is 0. The number of pyridine rings is 1. The summed E-state index contributed by atoms with van der Waals surface area (Å²) >= 11 is 0. The van der Waals surface area contributed by atoms with Gasteiger partial charge >= 0.3 is 0 Å². The molecule has 0 spiro atoms.